The molecule has 5 heteroatoms. The summed E-state index contributed by atoms with van der Waals surface area (Å²) in [6.45, 7) is 0. The van der Waals surface area contributed by atoms with Gasteiger partial charge in [0.15, 0.2) is 5.82 Å². The number of benzene rings is 1. The van der Waals surface area contributed by atoms with Crippen LogP contribution in [-0.4, -0.2) is 15.2 Å². The van der Waals surface area contributed by atoms with Gasteiger partial charge in [0.1, 0.15) is 6.33 Å². The van der Waals surface area contributed by atoms with Gasteiger partial charge in [-0.1, -0.05) is 15.9 Å². The van der Waals surface area contributed by atoms with E-state index < -0.39 is 0 Å². The summed E-state index contributed by atoms with van der Waals surface area (Å²) in [5, 5.41) is 6.52. The van der Waals surface area contributed by atoms with Crippen LogP contribution in [0.15, 0.2) is 29.0 Å². The van der Waals surface area contributed by atoms with E-state index in [2.05, 4.69) is 31.1 Å². The molecule has 4 nitrogen and oxygen atoms in total. The molecule has 0 saturated heterocycles. The number of nitrogens with zero attached hydrogens (tertiary/aromatic N) is 2. The van der Waals surface area contributed by atoms with Crippen LogP contribution >= 0.6 is 15.9 Å². The Hall–Kier alpha value is -1.36. The average Bonchev–Trinajstić information content (AvgIpc) is 2.56. The van der Waals surface area contributed by atoms with Gasteiger partial charge in [0.2, 0.25) is 0 Å². The lowest BCUT2D eigenvalue weighted by Crippen LogP contribution is -1.91. The molecule has 0 aliphatic rings. The van der Waals surface area contributed by atoms with Crippen molar-refractivity contribution < 1.29 is 0 Å². The number of hydrogen-bond acceptors (Lipinski definition) is 3. The van der Waals surface area contributed by atoms with Crippen LogP contribution < -0.4 is 5.73 Å². The molecular weight excluding hydrogens is 232 g/mol. The van der Waals surface area contributed by atoms with E-state index in [9.17, 15) is 0 Å². The van der Waals surface area contributed by atoms with Gasteiger partial charge >= 0.3 is 0 Å². The molecule has 66 valence electrons. The Morgan fingerprint density at radius 2 is 2.23 bits per heavy atom. The van der Waals surface area contributed by atoms with Gasteiger partial charge in [-0.2, -0.15) is 5.10 Å². The number of anilines is 1. The maximum atomic E-state index is 5.79. The summed E-state index contributed by atoms with van der Waals surface area (Å²) < 4.78 is 0.952. The third kappa shape index (κ3) is 1.55. The molecule has 1 aromatic heterocycles. The molecule has 0 aliphatic heterocycles. The average molecular weight is 239 g/mol. The highest BCUT2D eigenvalue weighted by Gasteiger charge is 2.04. The van der Waals surface area contributed by atoms with E-state index in [-0.39, 0.29) is 0 Å². The van der Waals surface area contributed by atoms with Gasteiger partial charge in [-0.15, -0.1) is 0 Å². The Labute approximate surface area is 83.3 Å². The lowest BCUT2D eigenvalue weighted by atomic mass is 10.2. The Morgan fingerprint density at radius 1 is 1.38 bits per heavy atom. The monoisotopic (exact) mass is 238 g/mol. The van der Waals surface area contributed by atoms with E-state index in [4.69, 9.17) is 5.73 Å². The van der Waals surface area contributed by atoms with Crippen molar-refractivity contribution in [2.75, 3.05) is 5.73 Å². The second-order valence-corrected chi connectivity index (χ2v) is 3.48. The van der Waals surface area contributed by atoms with E-state index in [1.165, 1.54) is 6.33 Å². The van der Waals surface area contributed by atoms with E-state index in [1.807, 2.05) is 18.2 Å². The van der Waals surface area contributed by atoms with Crippen LogP contribution in [0.4, 0.5) is 5.69 Å². The predicted octanol–water partition coefficient (Wildman–Crippen LogP) is 1.82. The molecule has 2 aromatic rings. The SMILES string of the molecule is Nc1cc(Br)ccc1-c1ncn[nH]1. The van der Waals surface area contributed by atoms with Crippen LogP contribution in [0.3, 0.4) is 0 Å². The number of H-pyrrole nitrogens is 1. The van der Waals surface area contributed by atoms with Crippen LogP contribution in [0.5, 0.6) is 0 Å². The minimum absolute atomic E-state index is 0.672. The zero-order valence-electron chi connectivity index (χ0n) is 6.66. The van der Waals surface area contributed by atoms with Crippen LogP contribution in [0.2, 0.25) is 0 Å². The van der Waals surface area contributed by atoms with E-state index in [0.29, 0.717) is 11.5 Å². The summed E-state index contributed by atoms with van der Waals surface area (Å²) >= 11 is 3.33. The highest BCUT2D eigenvalue weighted by atomic mass is 79.9. The van der Waals surface area contributed by atoms with Gasteiger partial charge < -0.3 is 5.73 Å². The second kappa shape index (κ2) is 3.18. The molecule has 0 aliphatic carbocycles. The lowest BCUT2D eigenvalue weighted by molar-refractivity contribution is 1.10. The van der Waals surface area contributed by atoms with Gasteiger partial charge in [-0.3, -0.25) is 5.10 Å². The van der Waals surface area contributed by atoms with Crippen molar-refractivity contribution in [3.63, 3.8) is 0 Å². The number of nitrogens with two attached hydrogens (primary N) is 1. The molecule has 1 heterocycles. The highest BCUT2D eigenvalue weighted by Crippen LogP contribution is 2.25. The van der Waals surface area contributed by atoms with Gasteiger partial charge in [0.25, 0.3) is 0 Å². The molecule has 3 N–H and O–H groups in total. The smallest absolute Gasteiger partial charge is 0.157 e. The number of aromatic nitrogens is 3. The topological polar surface area (TPSA) is 67.6 Å². The minimum atomic E-state index is 0.672. The van der Waals surface area contributed by atoms with Crippen molar-refractivity contribution in [2.45, 2.75) is 0 Å². The minimum Gasteiger partial charge on any atom is -0.398 e. The summed E-state index contributed by atoms with van der Waals surface area (Å²) in [6, 6.07) is 5.63. The van der Waals surface area contributed by atoms with E-state index >= 15 is 0 Å². The molecule has 0 unspecified atom stereocenters. The molecule has 0 bridgehead atoms. The molecule has 0 saturated carbocycles. The summed E-state index contributed by atoms with van der Waals surface area (Å²) in [5.74, 6) is 0.685. The summed E-state index contributed by atoms with van der Waals surface area (Å²) in [6.07, 6.45) is 1.46. The third-order valence-corrected chi connectivity index (χ3v) is 2.18. The Morgan fingerprint density at radius 3 is 2.85 bits per heavy atom. The van der Waals surface area contributed by atoms with Gasteiger partial charge in [0, 0.05) is 15.7 Å². The standard InChI is InChI=1S/C8H7BrN4/c9-5-1-2-6(7(10)3-5)8-11-4-12-13-8/h1-4H,10H2,(H,11,12,13). The van der Waals surface area contributed by atoms with Crippen molar-refractivity contribution in [3.8, 4) is 11.4 Å². The first-order chi connectivity index (χ1) is 6.27. The number of rotatable bonds is 1. The number of nitrogen functional groups attached to an aromatic ring is 1. The molecular formula is C8H7BrN4. The fourth-order valence-corrected chi connectivity index (χ4v) is 1.46. The fraction of sp³-hybridized carbons (Fsp3) is 0. The number of nitrogens with one attached hydrogen (secondary N) is 1. The van der Waals surface area contributed by atoms with Crippen molar-refractivity contribution in [1.82, 2.24) is 15.2 Å². The van der Waals surface area contributed by atoms with E-state index in [1.54, 1.807) is 0 Å². The normalized spacial score (nSPS) is 10.2. The Bertz CT molecular complexity index is 410. The van der Waals surface area contributed by atoms with Crippen molar-refractivity contribution in [3.05, 3.63) is 29.0 Å². The molecule has 0 radical (unpaired) electrons. The van der Waals surface area contributed by atoms with Crippen LogP contribution in [0.1, 0.15) is 0 Å². The van der Waals surface area contributed by atoms with Gasteiger partial charge in [-0.25, -0.2) is 4.98 Å². The van der Waals surface area contributed by atoms with Crippen LogP contribution in [0.25, 0.3) is 11.4 Å². The van der Waals surface area contributed by atoms with E-state index in [0.717, 1.165) is 10.0 Å². The Balaban J connectivity index is 2.53. The fourth-order valence-electron chi connectivity index (χ4n) is 1.08. The largest absolute Gasteiger partial charge is 0.398 e. The third-order valence-electron chi connectivity index (χ3n) is 1.68. The van der Waals surface area contributed by atoms with Crippen LogP contribution in [0, 0.1) is 0 Å². The zero-order valence-corrected chi connectivity index (χ0v) is 8.25. The molecule has 13 heavy (non-hydrogen) atoms. The van der Waals surface area contributed by atoms with Crippen LogP contribution in [-0.2, 0) is 0 Å². The first-order valence-electron chi connectivity index (χ1n) is 3.68. The maximum Gasteiger partial charge on any atom is 0.157 e. The zero-order chi connectivity index (χ0) is 9.26. The van der Waals surface area contributed by atoms with Gasteiger partial charge in [-0.05, 0) is 18.2 Å². The molecule has 0 atom stereocenters. The summed E-state index contributed by atoms with van der Waals surface area (Å²) in [5.41, 5.74) is 7.33. The molecule has 0 amide bonds. The number of hydrogen-bond donors (Lipinski definition) is 2. The first kappa shape index (κ1) is 8.25. The van der Waals surface area contributed by atoms with Crippen molar-refractivity contribution in [1.29, 1.82) is 0 Å². The lowest BCUT2D eigenvalue weighted by Gasteiger charge is -2.01. The number of aromatic amines is 1. The number of halogens is 1. The van der Waals surface area contributed by atoms with Crippen molar-refractivity contribution in [2.24, 2.45) is 0 Å². The highest BCUT2D eigenvalue weighted by molar-refractivity contribution is 9.10. The maximum absolute atomic E-state index is 5.79. The molecule has 0 spiro atoms. The molecule has 1 aromatic carbocycles. The summed E-state index contributed by atoms with van der Waals surface area (Å²) in [4.78, 5) is 4.02. The first-order valence-corrected chi connectivity index (χ1v) is 4.47. The molecule has 0 fully saturated rings. The molecule has 2 rings (SSSR count). The summed E-state index contributed by atoms with van der Waals surface area (Å²) in [7, 11) is 0. The quantitative estimate of drug-likeness (QED) is 0.745. The van der Waals surface area contributed by atoms with Crippen molar-refractivity contribution >= 4 is 21.6 Å². The Kier molecular flexibility index (Phi) is 2.02. The van der Waals surface area contributed by atoms with Gasteiger partial charge in [0.05, 0.1) is 0 Å². The predicted molar refractivity (Wildman–Crippen MR) is 53.9 cm³/mol. The second-order valence-electron chi connectivity index (χ2n) is 2.57.